The van der Waals surface area contributed by atoms with E-state index in [9.17, 15) is 10.1 Å². The molecule has 4 fully saturated rings. The molecule has 4 heterocycles. The Morgan fingerprint density at radius 1 is 1.24 bits per heavy atom. The summed E-state index contributed by atoms with van der Waals surface area (Å²) in [4.78, 5) is 22.0. The Labute approximate surface area is 226 Å². The predicted octanol–water partition coefficient (Wildman–Crippen LogP) is 3.27. The van der Waals surface area contributed by atoms with Gasteiger partial charge in [0.15, 0.2) is 0 Å². The second kappa shape index (κ2) is 9.53. The van der Waals surface area contributed by atoms with Crippen LogP contribution < -0.4 is 15.8 Å². The van der Waals surface area contributed by atoms with Gasteiger partial charge in [0.05, 0.1) is 18.9 Å². The van der Waals surface area contributed by atoms with Gasteiger partial charge in [0.2, 0.25) is 5.91 Å². The van der Waals surface area contributed by atoms with E-state index in [1.807, 2.05) is 4.90 Å². The monoisotopic (exact) mass is 518 g/mol. The smallest absolute Gasteiger partial charge is 0.249 e. The number of methoxy groups -OCH3 is 1. The van der Waals surface area contributed by atoms with Crippen molar-refractivity contribution in [2.75, 3.05) is 44.7 Å². The molecule has 8 heteroatoms. The summed E-state index contributed by atoms with van der Waals surface area (Å²) in [5, 5.41) is 10.7. The fraction of sp³-hybridized carbons (Fsp3) is 0.700. The zero-order valence-electron chi connectivity index (χ0n) is 23.3. The topological polar surface area (TPSA) is 93.5 Å². The third-order valence-electron chi connectivity index (χ3n) is 10.1. The summed E-state index contributed by atoms with van der Waals surface area (Å²) in [6.07, 6.45) is 9.44. The number of aromatic nitrogens is 1. The number of carbonyl (C=O) groups is 1. The van der Waals surface area contributed by atoms with Gasteiger partial charge in [-0.3, -0.25) is 15.6 Å². The molecular weight excluding hydrogens is 476 g/mol. The lowest BCUT2D eigenvalue weighted by atomic mass is 9.64. The number of anilines is 1. The highest BCUT2D eigenvalue weighted by molar-refractivity contribution is 5.88. The summed E-state index contributed by atoms with van der Waals surface area (Å²) < 4.78 is 4.92. The van der Waals surface area contributed by atoms with E-state index in [2.05, 4.69) is 42.6 Å². The van der Waals surface area contributed by atoms with Crippen LogP contribution in [0, 0.1) is 34.0 Å². The second-order valence-electron chi connectivity index (χ2n) is 13.4. The molecule has 5 aliphatic rings. The molecule has 4 unspecified atom stereocenters. The van der Waals surface area contributed by atoms with Crippen LogP contribution in [0.15, 0.2) is 12.3 Å². The number of nitrogens with one attached hydrogen (secondary N) is 2. The average molecular weight is 519 g/mol. The van der Waals surface area contributed by atoms with Crippen molar-refractivity contribution in [1.82, 2.24) is 20.7 Å². The SMILES string of the molecule is CO/C=C/C(=O)N1CC2(CCN(c3nc4c(c(C5C(C)CCC6NNCC65)c3C#N)CCC(C)(C)C4)C2)C1. The Bertz CT molecular complexity index is 1180. The lowest BCUT2D eigenvalue weighted by molar-refractivity contribution is -0.136. The van der Waals surface area contributed by atoms with Crippen LogP contribution in [0.25, 0.3) is 0 Å². The van der Waals surface area contributed by atoms with E-state index >= 15 is 0 Å². The molecule has 3 aliphatic heterocycles. The van der Waals surface area contributed by atoms with Crippen molar-refractivity contribution in [2.24, 2.45) is 22.7 Å². The molecule has 1 aromatic heterocycles. The van der Waals surface area contributed by atoms with Crippen molar-refractivity contribution < 1.29 is 9.53 Å². The molecule has 0 aromatic carbocycles. The van der Waals surface area contributed by atoms with Gasteiger partial charge >= 0.3 is 0 Å². The molecule has 0 bridgehead atoms. The van der Waals surface area contributed by atoms with Crippen molar-refractivity contribution in [3.05, 3.63) is 34.7 Å². The first-order chi connectivity index (χ1) is 18.2. The van der Waals surface area contributed by atoms with E-state index in [-0.39, 0.29) is 16.7 Å². The first-order valence-electron chi connectivity index (χ1n) is 14.4. The van der Waals surface area contributed by atoms with E-state index in [0.717, 1.165) is 69.8 Å². The van der Waals surface area contributed by atoms with Crippen LogP contribution in [0.4, 0.5) is 5.82 Å². The summed E-state index contributed by atoms with van der Waals surface area (Å²) in [7, 11) is 1.55. The van der Waals surface area contributed by atoms with Crippen molar-refractivity contribution in [1.29, 1.82) is 5.26 Å². The first kappa shape index (κ1) is 25.6. The standard InChI is InChI=1S/C30H42N6O2/c1-19-5-6-23-22(15-32-34-23)26(19)27-20-7-9-29(2,3)13-24(20)33-28(21(27)14-31)35-11-10-30(16-35)17-36(18-30)25(37)8-12-38-4/h8,12,19,22-23,26,32,34H,5-7,9-11,13,15-18H2,1-4H3/b12-8+. The van der Waals surface area contributed by atoms with Crippen molar-refractivity contribution in [2.45, 2.75) is 71.3 Å². The van der Waals surface area contributed by atoms with Gasteiger partial charge in [-0.1, -0.05) is 20.8 Å². The molecule has 38 heavy (non-hydrogen) atoms. The quantitative estimate of drug-likeness (QED) is 0.467. The molecule has 1 saturated carbocycles. The Morgan fingerprint density at radius 2 is 2.05 bits per heavy atom. The molecule has 1 aromatic rings. The molecule has 8 nitrogen and oxygen atoms in total. The molecule has 3 saturated heterocycles. The van der Waals surface area contributed by atoms with Crippen LogP contribution in [0.1, 0.15) is 74.8 Å². The third-order valence-corrected chi connectivity index (χ3v) is 10.1. The van der Waals surface area contributed by atoms with Gasteiger partial charge in [0.1, 0.15) is 11.9 Å². The number of ether oxygens (including phenoxy) is 1. The van der Waals surface area contributed by atoms with Crippen LogP contribution in [0.5, 0.6) is 0 Å². The van der Waals surface area contributed by atoms with Gasteiger partial charge in [0.25, 0.3) is 0 Å². The number of nitrogens with zero attached hydrogens (tertiary/aromatic N) is 4. The Hall–Kier alpha value is -2.63. The summed E-state index contributed by atoms with van der Waals surface area (Å²) in [5.74, 6) is 2.30. The maximum atomic E-state index is 12.4. The second-order valence-corrected chi connectivity index (χ2v) is 13.4. The average Bonchev–Trinajstić information content (AvgIpc) is 3.52. The van der Waals surface area contributed by atoms with E-state index < -0.39 is 0 Å². The fourth-order valence-electron chi connectivity index (χ4n) is 8.10. The van der Waals surface area contributed by atoms with E-state index in [0.29, 0.717) is 23.8 Å². The van der Waals surface area contributed by atoms with Gasteiger partial charge in [-0.15, -0.1) is 0 Å². The summed E-state index contributed by atoms with van der Waals surface area (Å²) in [5.41, 5.74) is 12.0. The Balaban J connectivity index is 1.36. The van der Waals surface area contributed by atoms with Crippen LogP contribution in [0.3, 0.4) is 0 Å². The number of rotatable bonds is 4. The molecule has 1 spiro atoms. The fourth-order valence-corrected chi connectivity index (χ4v) is 8.10. The minimum Gasteiger partial charge on any atom is -0.504 e. The normalized spacial score (nSPS) is 31.1. The number of amides is 1. The highest BCUT2D eigenvalue weighted by Gasteiger charge is 2.50. The van der Waals surface area contributed by atoms with Gasteiger partial charge in [-0.05, 0) is 72.8 Å². The molecule has 6 rings (SSSR count). The zero-order chi connectivity index (χ0) is 26.7. The third kappa shape index (κ3) is 4.28. The van der Waals surface area contributed by atoms with E-state index in [1.54, 1.807) is 7.11 Å². The van der Waals surface area contributed by atoms with Crippen LogP contribution >= 0.6 is 0 Å². The number of hydrogen-bond donors (Lipinski definition) is 2. The van der Waals surface area contributed by atoms with Crippen LogP contribution in [0.2, 0.25) is 0 Å². The Morgan fingerprint density at radius 3 is 2.82 bits per heavy atom. The first-order valence-corrected chi connectivity index (χ1v) is 14.4. The zero-order valence-corrected chi connectivity index (χ0v) is 23.3. The van der Waals surface area contributed by atoms with Crippen molar-refractivity contribution in [3.63, 3.8) is 0 Å². The molecule has 2 aliphatic carbocycles. The lowest BCUT2D eigenvalue weighted by Crippen LogP contribution is -2.59. The molecule has 204 valence electrons. The van der Waals surface area contributed by atoms with Crippen molar-refractivity contribution >= 4 is 11.7 Å². The maximum Gasteiger partial charge on any atom is 0.249 e. The minimum atomic E-state index is 0.00434. The molecular formula is C30H42N6O2. The number of pyridine rings is 1. The summed E-state index contributed by atoms with van der Waals surface area (Å²) >= 11 is 0. The lowest BCUT2D eigenvalue weighted by Gasteiger charge is -2.47. The predicted molar refractivity (Wildman–Crippen MR) is 146 cm³/mol. The number of likely N-dealkylation sites (tertiary alicyclic amines) is 1. The number of nitriles is 1. The molecule has 0 radical (unpaired) electrons. The molecule has 2 N–H and O–H groups in total. The van der Waals surface area contributed by atoms with Gasteiger partial charge in [0, 0.05) is 56.0 Å². The maximum absolute atomic E-state index is 12.4. The van der Waals surface area contributed by atoms with Gasteiger partial charge in [-0.25, -0.2) is 4.98 Å². The highest BCUT2D eigenvalue weighted by Crippen LogP contribution is 2.50. The van der Waals surface area contributed by atoms with E-state index in [1.165, 1.54) is 42.0 Å². The van der Waals surface area contributed by atoms with Crippen LogP contribution in [-0.4, -0.2) is 61.7 Å². The van der Waals surface area contributed by atoms with Crippen molar-refractivity contribution in [3.8, 4) is 6.07 Å². The number of hydrogen-bond acceptors (Lipinski definition) is 7. The largest absolute Gasteiger partial charge is 0.504 e. The van der Waals surface area contributed by atoms with Crippen LogP contribution in [-0.2, 0) is 22.4 Å². The number of fused-ring (bicyclic) bond motifs is 2. The molecule has 1 amide bonds. The summed E-state index contributed by atoms with van der Waals surface area (Å²) in [6, 6.07) is 3.16. The number of hydrazine groups is 1. The number of carbonyl (C=O) groups excluding carboxylic acids is 1. The molecule has 4 atom stereocenters. The minimum absolute atomic E-state index is 0.00434. The summed E-state index contributed by atoms with van der Waals surface area (Å²) in [6.45, 7) is 11.3. The van der Waals surface area contributed by atoms with Gasteiger partial charge in [-0.2, -0.15) is 5.26 Å². The highest BCUT2D eigenvalue weighted by atomic mass is 16.5. The van der Waals surface area contributed by atoms with E-state index in [4.69, 9.17) is 9.72 Å². The Kier molecular flexibility index (Phi) is 6.43. The van der Waals surface area contributed by atoms with Gasteiger partial charge < -0.3 is 14.5 Å².